The molecule has 3 aromatic carbocycles. The van der Waals surface area contributed by atoms with E-state index in [1.165, 1.54) is 0 Å². The number of fused-ring (bicyclic) bond motifs is 1. The van der Waals surface area contributed by atoms with E-state index in [1.54, 1.807) is 43.5 Å². The summed E-state index contributed by atoms with van der Waals surface area (Å²) >= 11 is 0. The number of methoxy groups -OCH3 is 1. The van der Waals surface area contributed by atoms with Gasteiger partial charge in [0.1, 0.15) is 6.10 Å². The van der Waals surface area contributed by atoms with Gasteiger partial charge in [-0.05, 0) is 63.4 Å². The Morgan fingerprint density at radius 3 is 1.82 bits per heavy atom. The summed E-state index contributed by atoms with van der Waals surface area (Å²) in [7, 11) is -3.68. The highest BCUT2D eigenvalue weighted by Gasteiger charge is 2.52. The van der Waals surface area contributed by atoms with Gasteiger partial charge in [0.2, 0.25) is 0 Å². The molecule has 0 radical (unpaired) electrons. The summed E-state index contributed by atoms with van der Waals surface area (Å²) in [5.41, 5.74) is 1.50. The Hall–Kier alpha value is -3.45. The van der Waals surface area contributed by atoms with Crippen LogP contribution in [-0.4, -0.2) is 67.2 Å². The number of benzene rings is 3. The van der Waals surface area contributed by atoms with E-state index < -0.39 is 47.0 Å². The van der Waals surface area contributed by atoms with Crippen molar-refractivity contribution >= 4 is 38.8 Å². The smallest absolute Gasteiger partial charge is 0.338 e. The Kier molecular flexibility index (Phi) is 11.4. The maximum absolute atomic E-state index is 14.1. The molecule has 1 aliphatic heterocycles. The van der Waals surface area contributed by atoms with Crippen LogP contribution in [0, 0.1) is 5.92 Å². The number of esters is 1. The lowest BCUT2D eigenvalue weighted by Crippen LogP contribution is -2.67. The van der Waals surface area contributed by atoms with Crippen LogP contribution in [0.15, 0.2) is 114 Å². The average molecular weight is 713 g/mol. The molecule has 4 atom stereocenters. The second-order valence-corrected chi connectivity index (χ2v) is 24.8. The van der Waals surface area contributed by atoms with Gasteiger partial charge in [-0.2, -0.15) is 0 Å². The molecule has 9 heteroatoms. The molecule has 0 N–H and O–H groups in total. The van der Waals surface area contributed by atoms with Crippen molar-refractivity contribution in [3.8, 4) is 0 Å². The number of hydrogen-bond acceptors (Lipinski definition) is 7. The molecule has 7 nitrogen and oxygen atoms in total. The average Bonchev–Trinajstić information content (AvgIpc) is 3.09. The Morgan fingerprint density at radius 1 is 0.780 bits per heavy atom. The highest BCUT2D eigenvalue weighted by Crippen LogP contribution is 2.42. The van der Waals surface area contributed by atoms with Gasteiger partial charge < -0.3 is 23.1 Å². The van der Waals surface area contributed by atoms with Gasteiger partial charge in [0.25, 0.3) is 8.32 Å². The summed E-state index contributed by atoms with van der Waals surface area (Å²) < 4.78 is 32.5. The van der Waals surface area contributed by atoms with Crippen molar-refractivity contribution in [1.29, 1.82) is 0 Å². The number of ketones is 1. The predicted molar refractivity (Wildman–Crippen MR) is 203 cm³/mol. The molecule has 0 saturated carbocycles. The highest BCUT2D eigenvalue weighted by atomic mass is 28.4. The summed E-state index contributed by atoms with van der Waals surface area (Å²) in [4.78, 5) is 27.9. The largest absolute Gasteiger partial charge is 0.453 e. The number of carbonyl (C=O) groups excluding carboxylic acids is 2. The fourth-order valence-corrected chi connectivity index (χ4v) is 12.2. The van der Waals surface area contributed by atoms with E-state index in [0.717, 1.165) is 10.4 Å². The summed E-state index contributed by atoms with van der Waals surface area (Å²) in [6.45, 7) is 17.8. The Balaban J connectivity index is 1.60. The van der Waals surface area contributed by atoms with Crippen LogP contribution in [0.25, 0.3) is 0 Å². The lowest BCUT2D eigenvalue weighted by Gasteiger charge is -2.46. The molecule has 0 unspecified atom stereocenters. The zero-order chi connectivity index (χ0) is 36.3. The van der Waals surface area contributed by atoms with Crippen molar-refractivity contribution in [2.24, 2.45) is 5.92 Å². The van der Waals surface area contributed by atoms with Gasteiger partial charge in [-0.1, -0.05) is 120 Å². The molecule has 1 aliphatic carbocycles. The van der Waals surface area contributed by atoms with Gasteiger partial charge in [-0.25, -0.2) is 4.79 Å². The second-order valence-electron chi connectivity index (χ2n) is 15.7. The van der Waals surface area contributed by atoms with Crippen LogP contribution < -0.4 is 10.4 Å². The van der Waals surface area contributed by atoms with E-state index in [9.17, 15) is 9.59 Å². The van der Waals surface area contributed by atoms with Crippen LogP contribution in [0.1, 0.15) is 51.9 Å². The normalized spacial score (nSPS) is 21.6. The highest BCUT2D eigenvalue weighted by molar-refractivity contribution is 6.99. The Labute approximate surface area is 299 Å². The number of carbonyl (C=O) groups is 2. The first-order chi connectivity index (χ1) is 23.6. The Bertz CT molecular complexity index is 1650. The molecule has 5 rings (SSSR count). The SMILES string of the molecule is CO[C@@H]1C=C2C(=O)C=C(CO[Si](c3ccccc3)(c3ccccc3)C(C)(C)C)[C@@H](OC(=O)c3ccccc3)[C@@H]2[C@@H](CO[Si](C)(C)C(C)(C)C)O1. The fraction of sp³-hybridized carbons (Fsp3) is 0.415. The zero-order valence-electron chi connectivity index (χ0n) is 30.9. The molecule has 0 amide bonds. The van der Waals surface area contributed by atoms with Crippen LogP contribution in [0.2, 0.25) is 23.2 Å². The van der Waals surface area contributed by atoms with Gasteiger partial charge in [-0.3, -0.25) is 4.79 Å². The van der Waals surface area contributed by atoms with Crippen LogP contribution in [0.5, 0.6) is 0 Å². The first-order valence-electron chi connectivity index (χ1n) is 17.4. The van der Waals surface area contributed by atoms with Crippen molar-refractivity contribution < 1.29 is 32.7 Å². The second kappa shape index (κ2) is 15.0. The molecule has 1 heterocycles. The van der Waals surface area contributed by atoms with E-state index in [0.29, 0.717) is 16.7 Å². The summed E-state index contributed by atoms with van der Waals surface area (Å²) in [6, 6.07) is 29.6. The summed E-state index contributed by atoms with van der Waals surface area (Å²) in [6.07, 6.45) is 1.08. The summed E-state index contributed by atoms with van der Waals surface area (Å²) in [5, 5.41) is 1.89. The molecule has 2 aliphatic rings. The molecule has 0 spiro atoms. The van der Waals surface area contributed by atoms with Crippen molar-refractivity contribution in [2.45, 2.75) is 83.2 Å². The van der Waals surface area contributed by atoms with Crippen LogP contribution in [0.4, 0.5) is 0 Å². The maximum Gasteiger partial charge on any atom is 0.338 e. The lowest BCUT2D eigenvalue weighted by atomic mass is 9.76. The van der Waals surface area contributed by atoms with Crippen LogP contribution in [0.3, 0.4) is 0 Å². The number of rotatable bonds is 11. The predicted octanol–water partition coefficient (Wildman–Crippen LogP) is 7.23. The van der Waals surface area contributed by atoms with Gasteiger partial charge in [0.15, 0.2) is 20.4 Å². The molecule has 0 fully saturated rings. The molecular weight excluding hydrogens is 661 g/mol. The minimum absolute atomic E-state index is 0.0444. The van der Waals surface area contributed by atoms with E-state index >= 15 is 0 Å². The van der Waals surface area contributed by atoms with Gasteiger partial charge in [0, 0.05) is 12.7 Å². The standard InChI is InChI=1S/C41H52O7Si2/c1-40(2,3)49(8,9)45-28-35-37-33(26-36(44-7)47-35)34(42)25-30(38(37)48-39(43)29-19-13-10-14-20-29)27-46-50(41(4,5)6,31-21-15-11-16-22-31)32-23-17-12-18-24-32/h10-26,35-38H,27-28H2,1-9H3/t35-,36+,37+,38-/m1/s1. The molecule has 0 saturated heterocycles. The lowest BCUT2D eigenvalue weighted by molar-refractivity contribution is -0.168. The van der Waals surface area contributed by atoms with Crippen molar-refractivity contribution in [3.63, 3.8) is 0 Å². The number of ether oxygens (including phenoxy) is 3. The van der Waals surface area contributed by atoms with E-state index in [2.05, 4.69) is 78.9 Å². The maximum atomic E-state index is 14.1. The third-order valence-electron chi connectivity index (χ3n) is 10.4. The van der Waals surface area contributed by atoms with Crippen molar-refractivity contribution in [1.82, 2.24) is 0 Å². The third-order valence-corrected chi connectivity index (χ3v) is 19.9. The monoisotopic (exact) mass is 712 g/mol. The number of allylic oxidation sites excluding steroid dienone is 1. The Morgan fingerprint density at radius 2 is 1.32 bits per heavy atom. The molecular formula is C41H52O7Si2. The number of hydrogen-bond donors (Lipinski definition) is 0. The molecule has 0 bridgehead atoms. The fourth-order valence-electron chi connectivity index (χ4n) is 6.68. The van der Waals surface area contributed by atoms with Crippen LogP contribution in [-0.2, 0) is 27.9 Å². The van der Waals surface area contributed by atoms with E-state index in [4.69, 9.17) is 23.1 Å². The summed E-state index contributed by atoms with van der Waals surface area (Å²) in [5.74, 6) is -1.29. The minimum atomic E-state index is -3.00. The zero-order valence-corrected chi connectivity index (χ0v) is 32.9. The van der Waals surface area contributed by atoms with Crippen LogP contribution >= 0.6 is 0 Å². The van der Waals surface area contributed by atoms with E-state index in [1.807, 2.05) is 42.5 Å². The van der Waals surface area contributed by atoms with Gasteiger partial charge in [-0.15, -0.1) is 0 Å². The first-order valence-corrected chi connectivity index (χ1v) is 22.2. The quantitative estimate of drug-likeness (QED) is 0.153. The van der Waals surface area contributed by atoms with Crippen molar-refractivity contribution in [2.75, 3.05) is 20.3 Å². The van der Waals surface area contributed by atoms with Gasteiger partial charge >= 0.3 is 5.97 Å². The molecule has 50 heavy (non-hydrogen) atoms. The first kappa shape index (κ1) is 37.8. The van der Waals surface area contributed by atoms with E-state index in [-0.39, 0.29) is 29.1 Å². The van der Waals surface area contributed by atoms with Gasteiger partial charge in [0.05, 0.1) is 30.8 Å². The molecule has 0 aromatic heterocycles. The topological polar surface area (TPSA) is 80.3 Å². The van der Waals surface area contributed by atoms with Crippen molar-refractivity contribution in [3.05, 3.63) is 120 Å². The molecule has 266 valence electrons. The minimum Gasteiger partial charge on any atom is -0.453 e. The third kappa shape index (κ3) is 7.73. The molecule has 3 aromatic rings.